The molecule has 5 heteroatoms. The lowest BCUT2D eigenvalue weighted by atomic mass is 10.1. The molecule has 0 spiro atoms. The monoisotopic (exact) mass is 354 g/mol. The van der Waals surface area contributed by atoms with Crippen LogP contribution in [0.1, 0.15) is 30.6 Å². The minimum Gasteiger partial charge on any atom is -0.469 e. The average molecular weight is 354 g/mol. The average Bonchev–Trinajstić information content (AvgIpc) is 3.21. The van der Waals surface area contributed by atoms with Crippen LogP contribution < -0.4 is 10.6 Å². The predicted molar refractivity (Wildman–Crippen MR) is 106 cm³/mol. The molecule has 0 saturated carbocycles. The molecule has 1 aromatic carbocycles. The zero-order valence-electron chi connectivity index (χ0n) is 15.5. The van der Waals surface area contributed by atoms with Crippen LogP contribution in [0.25, 0.3) is 0 Å². The van der Waals surface area contributed by atoms with Gasteiger partial charge in [0.25, 0.3) is 0 Å². The lowest BCUT2D eigenvalue weighted by molar-refractivity contribution is 0.232. The minimum atomic E-state index is 0.681. The summed E-state index contributed by atoms with van der Waals surface area (Å²) in [7, 11) is 0. The van der Waals surface area contributed by atoms with Crippen molar-refractivity contribution in [2.24, 2.45) is 4.99 Å². The number of nitrogens with zero attached hydrogens (tertiary/aromatic N) is 2. The number of likely N-dealkylation sites (tertiary alicyclic amines) is 1. The van der Waals surface area contributed by atoms with Gasteiger partial charge in [0.15, 0.2) is 5.96 Å². The highest BCUT2D eigenvalue weighted by Gasteiger charge is 2.09. The van der Waals surface area contributed by atoms with E-state index in [0.717, 1.165) is 37.8 Å². The molecule has 2 heterocycles. The summed E-state index contributed by atoms with van der Waals surface area (Å²) >= 11 is 0. The molecule has 0 bridgehead atoms. The third kappa shape index (κ3) is 6.56. The highest BCUT2D eigenvalue weighted by molar-refractivity contribution is 5.79. The summed E-state index contributed by atoms with van der Waals surface area (Å²) in [4.78, 5) is 7.28. The van der Waals surface area contributed by atoms with Gasteiger partial charge in [-0.2, -0.15) is 0 Å². The summed E-state index contributed by atoms with van der Waals surface area (Å²) in [6.07, 6.45) is 6.61. The van der Waals surface area contributed by atoms with Crippen molar-refractivity contribution < 1.29 is 4.42 Å². The molecule has 0 amide bonds. The van der Waals surface area contributed by atoms with E-state index in [2.05, 4.69) is 39.8 Å². The Labute approximate surface area is 156 Å². The van der Waals surface area contributed by atoms with Gasteiger partial charge in [0.05, 0.1) is 12.8 Å². The molecule has 0 unspecified atom stereocenters. The van der Waals surface area contributed by atoms with Crippen LogP contribution in [-0.4, -0.2) is 43.6 Å². The number of benzene rings is 1. The smallest absolute Gasteiger partial charge is 0.191 e. The standard InChI is InChI=1S/C21H30N4O/c1-3-8-19(9-4-1)18-24-21(22-12-11-20-10-7-17-26-20)23-13-16-25-14-5-2-6-15-25/h1,3-4,7-10,17H,2,5-6,11-16,18H2,(H2,22,23,24). The Hall–Kier alpha value is -2.27. The van der Waals surface area contributed by atoms with E-state index >= 15 is 0 Å². The fraction of sp³-hybridized carbons (Fsp3) is 0.476. The van der Waals surface area contributed by atoms with Crippen molar-refractivity contribution in [2.75, 3.05) is 32.7 Å². The number of hydrogen-bond acceptors (Lipinski definition) is 3. The van der Waals surface area contributed by atoms with Crippen LogP contribution in [0, 0.1) is 0 Å². The van der Waals surface area contributed by atoms with Crippen LogP contribution in [0.4, 0.5) is 0 Å². The van der Waals surface area contributed by atoms with E-state index in [-0.39, 0.29) is 0 Å². The van der Waals surface area contributed by atoms with Crippen LogP contribution in [0.5, 0.6) is 0 Å². The number of rotatable bonds is 8. The fourth-order valence-electron chi connectivity index (χ4n) is 3.20. The fourth-order valence-corrected chi connectivity index (χ4v) is 3.20. The van der Waals surface area contributed by atoms with E-state index in [1.807, 2.05) is 18.2 Å². The molecule has 1 aliphatic heterocycles. The van der Waals surface area contributed by atoms with Crippen molar-refractivity contribution in [2.45, 2.75) is 32.2 Å². The number of guanidine groups is 1. The second-order valence-electron chi connectivity index (χ2n) is 6.74. The highest BCUT2D eigenvalue weighted by atomic mass is 16.3. The molecule has 2 aromatic rings. The van der Waals surface area contributed by atoms with Gasteiger partial charge < -0.3 is 20.0 Å². The summed E-state index contributed by atoms with van der Waals surface area (Å²) in [5, 5.41) is 6.91. The maximum atomic E-state index is 5.40. The third-order valence-corrected chi connectivity index (χ3v) is 4.68. The van der Waals surface area contributed by atoms with Gasteiger partial charge in [-0.3, -0.25) is 0 Å². The van der Waals surface area contributed by atoms with Crippen molar-refractivity contribution >= 4 is 5.96 Å². The lowest BCUT2D eigenvalue weighted by Gasteiger charge is -2.26. The topological polar surface area (TPSA) is 52.8 Å². The first-order valence-corrected chi connectivity index (χ1v) is 9.71. The summed E-state index contributed by atoms with van der Waals surface area (Å²) in [5.74, 6) is 1.87. The van der Waals surface area contributed by atoms with Gasteiger partial charge in [-0.1, -0.05) is 36.8 Å². The van der Waals surface area contributed by atoms with Gasteiger partial charge >= 0.3 is 0 Å². The normalized spacial score (nSPS) is 15.8. The lowest BCUT2D eigenvalue weighted by Crippen LogP contribution is -2.43. The Morgan fingerprint density at radius 1 is 0.962 bits per heavy atom. The van der Waals surface area contributed by atoms with Crippen molar-refractivity contribution in [1.29, 1.82) is 0 Å². The number of furan rings is 1. The Bertz CT molecular complexity index is 633. The van der Waals surface area contributed by atoms with Crippen LogP contribution in [0.2, 0.25) is 0 Å². The van der Waals surface area contributed by atoms with Gasteiger partial charge in [0.2, 0.25) is 0 Å². The first-order valence-electron chi connectivity index (χ1n) is 9.71. The number of piperidine rings is 1. The second kappa shape index (κ2) is 10.7. The maximum Gasteiger partial charge on any atom is 0.191 e. The minimum absolute atomic E-state index is 0.681. The number of nitrogens with one attached hydrogen (secondary N) is 2. The molecule has 1 fully saturated rings. The van der Waals surface area contributed by atoms with E-state index in [1.165, 1.54) is 37.9 Å². The first-order chi connectivity index (χ1) is 12.9. The predicted octanol–water partition coefficient (Wildman–Crippen LogP) is 3.04. The molecule has 140 valence electrons. The summed E-state index contributed by atoms with van der Waals surface area (Å²) < 4.78 is 5.40. The molecule has 1 aromatic heterocycles. The second-order valence-corrected chi connectivity index (χ2v) is 6.74. The van der Waals surface area contributed by atoms with E-state index < -0.39 is 0 Å². The van der Waals surface area contributed by atoms with E-state index in [4.69, 9.17) is 9.41 Å². The van der Waals surface area contributed by atoms with Gasteiger partial charge in [0, 0.05) is 26.1 Å². The summed E-state index contributed by atoms with van der Waals surface area (Å²) in [5.41, 5.74) is 1.22. The van der Waals surface area contributed by atoms with Crippen molar-refractivity contribution in [3.05, 3.63) is 60.1 Å². The molecular weight excluding hydrogens is 324 g/mol. The molecule has 0 atom stereocenters. The molecule has 0 radical (unpaired) electrons. The first kappa shape index (κ1) is 18.5. The molecule has 5 nitrogen and oxygen atoms in total. The van der Waals surface area contributed by atoms with Gasteiger partial charge in [-0.05, 0) is 43.6 Å². The number of aliphatic imine (C=N–C) groups is 1. The Kier molecular flexibility index (Phi) is 7.59. The number of hydrogen-bond donors (Lipinski definition) is 2. The highest BCUT2D eigenvalue weighted by Crippen LogP contribution is 2.07. The maximum absolute atomic E-state index is 5.40. The van der Waals surface area contributed by atoms with Crippen LogP contribution in [0.3, 0.4) is 0 Å². The SMILES string of the molecule is c1ccc(CN=C(NCCc2ccco2)NCCN2CCCCC2)cc1. The Morgan fingerprint density at radius 3 is 2.54 bits per heavy atom. The molecule has 2 N–H and O–H groups in total. The van der Waals surface area contributed by atoms with Crippen molar-refractivity contribution in [3.8, 4) is 0 Å². The Balaban J connectivity index is 1.47. The molecule has 1 saturated heterocycles. The molecule has 0 aliphatic carbocycles. The van der Waals surface area contributed by atoms with E-state index in [0.29, 0.717) is 6.54 Å². The Morgan fingerprint density at radius 2 is 1.77 bits per heavy atom. The molecule has 1 aliphatic rings. The zero-order valence-corrected chi connectivity index (χ0v) is 15.5. The third-order valence-electron chi connectivity index (χ3n) is 4.68. The van der Waals surface area contributed by atoms with E-state index in [9.17, 15) is 0 Å². The van der Waals surface area contributed by atoms with Crippen molar-refractivity contribution in [3.63, 3.8) is 0 Å². The van der Waals surface area contributed by atoms with Crippen LogP contribution in [-0.2, 0) is 13.0 Å². The molecule has 3 rings (SSSR count). The molecule has 26 heavy (non-hydrogen) atoms. The summed E-state index contributed by atoms with van der Waals surface area (Å²) in [6, 6.07) is 14.3. The zero-order chi connectivity index (χ0) is 17.9. The van der Waals surface area contributed by atoms with Crippen LogP contribution in [0.15, 0.2) is 58.1 Å². The van der Waals surface area contributed by atoms with Gasteiger partial charge in [-0.25, -0.2) is 4.99 Å². The molecular formula is C21H30N4O. The van der Waals surface area contributed by atoms with Crippen LogP contribution >= 0.6 is 0 Å². The largest absolute Gasteiger partial charge is 0.469 e. The van der Waals surface area contributed by atoms with Gasteiger partial charge in [-0.15, -0.1) is 0 Å². The van der Waals surface area contributed by atoms with E-state index in [1.54, 1.807) is 6.26 Å². The summed E-state index contributed by atoms with van der Waals surface area (Å²) in [6.45, 7) is 5.93. The quantitative estimate of drug-likeness (QED) is 0.565. The van der Waals surface area contributed by atoms with Crippen molar-refractivity contribution in [1.82, 2.24) is 15.5 Å². The van der Waals surface area contributed by atoms with Gasteiger partial charge in [0.1, 0.15) is 5.76 Å².